The summed E-state index contributed by atoms with van der Waals surface area (Å²) >= 11 is 1.54. The standard InChI is InChI=1S/C15H16N4O2S/c1-11-13(14(17-21-11)12-5-3-10-22-12)15(20)18(2)8-9-19-7-4-6-16-19/h3-7,10H,8-9H2,1-2H3. The van der Waals surface area contributed by atoms with Gasteiger partial charge in [0, 0.05) is 26.0 Å². The summed E-state index contributed by atoms with van der Waals surface area (Å²) in [6, 6.07) is 5.73. The maximum atomic E-state index is 12.7. The van der Waals surface area contributed by atoms with E-state index in [9.17, 15) is 4.79 Å². The number of aryl methyl sites for hydroxylation is 1. The van der Waals surface area contributed by atoms with Crippen molar-refractivity contribution >= 4 is 17.2 Å². The minimum atomic E-state index is -0.0886. The molecule has 0 saturated carbocycles. The topological polar surface area (TPSA) is 64.2 Å². The molecule has 0 aromatic carbocycles. The molecule has 0 aliphatic carbocycles. The average molecular weight is 316 g/mol. The Bertz CT molecular complexity index is 747. The first-order valence-corrected chi connectivity index (χ1v) is 7.78. The molecule has 22 heavy (non-hydrogen) atoms. The van der Waals surface area contributed by atoms with E-state index in [2.05, 4.69) is 10.3 Å². The van der Waals surface area contributed by atoms with Crippen LogP contribution in [0.15, 0.2) is 40.5 Å². The summed E-state index contributed by atoms with van der Waals surface area (Å²) in [5.74, 6) is 0.452. The maximum Gasteiger partial charge on any atom is 0.259 e. The summed E-state index contributed by atoms with van der Waals surface area (Å²) in [7, 11) is 1.77. The maximum absolute atomic E-state index is 12.7. The summed E-state index contributed by atoms with van der Waals surface area (Å²) < 4.78 is 7.03. The lowest BCUT2D eigenvalue weighted by molar-refractivity contribution is 0.0788. The monoisotopic (exact) mass is 316 g/mol. The van der Waals surface area contributed by atoms with Crippen LogP contribution in [0.3, 0.4) is 0 Å². The van der Waals surface area contributed by atoms with Crippen molar-refractivity contribution in [2.45, 2.75) is 13.5 Å². The van der Waals surface area contributed by atoms with Crippen LogP contribution in [0.25, 0.3) is 10.6 Å². The normalized spacial score (nSPS) is 10.8. The Morgan fingerprint density at radius 1 is 1.45 bits per heavy atom. The van der Waals surface area contributed by atoms with Gasteiger partial charge in [0.15, 0.2) is 0 Å². The van der Waals surface area contributed by atoms with Crippen LogP contribution in [0, 0.1) is 6.92 Å². The quantitative estimate of drug-likeness (QED) is 0.726. The first-order valence-electron chi connectivity index (χ1n) is 6.90. The number of hydrogen-bond donors (Lipinski definition) is 0. The van der Waals surface area contributed by atoms with Gasteiger partial charge < -0.3 is 9.42 Å². The molecule has 0 N–H and O–H groups in total. The molecule has 0 spiro atoms. The lowest BCUT2D eigenvalue weighted by Crippen LogP contribution is -2.30. The van der Waals surface area contributed by atoms with Gasteiger partial charge in [-0.25, -0.2) is 0 Å². The molecule has 0 radical (unpaired) electrons. The van der Waals surface area contributed by atoms with Gasteiger partial charge in [-0.3, -0.25) is 9.48 Å². The fourth-order valence-corrected chi connectivity index (χ4v) is 2.89. The van der Waals surface area contributed by atoms with Crippen LogP contribution < -0.4 is 0 Å². The van der Waals surface area contributed by atoms with E-state index in [1.807, 2.05) is 29.8 Å². The molecule has 0 bridgehead atoms. The van der Waals surface area contributed by atoms with Gasteiger partial charge in [-0.05, 0) is 24.4 Å². The highest BCUT2D eigenvalue weighted by atomic mass is 32.1. The van der Waals surface area contributed by atoms with Gasteiger partial charge in [-0.1, -0.05) is 11.2 Å². The van der Waals surface area contributed by atoms with Gasteiger partial charge in [-0.15, -0.1) is 11.3 Å². The van der Waals surface area contributed by atoms with E-state index >= 15 is 0 Å². The number of carbonyl (C=O) groups is 1. The Balaban J connectivity index is 1.78. The van der Waals surface area contributed by atoms with E-state index < -0.39 is 0 Å². The molecule has 3 aromatic heterocycles. The fourth-order valence-electron chi connectivity index (χ4n) is 2.18. The van der Waals surface area contributed by atoms with Gasteiger partial charge in [0.05, 0.1) is 11.4 Å². The molecule has 3 heterocycles. The minimum absolute atomic E-state index is 0.0886. The van der Waals surface area contributed by atoms with E-state index in [1.165, 1.54) is 11.3 Å². The lowest BCUT2D eigenvalue weighted by Gasteiger charge is -2.17. The SMILES string of the molecule is Cc1onc(-c2cccs2)c1C(=O)N(C)CCn1cccn1. The fraction of sp³-hybridized carbons (Fsp3) is 0.267. The second kappa shape index (κ2) is 6.15. The Kier molecular flexibility index (Phi) is 4.06. The van der Waals surface area contributed by atoms with Crippen molar-refractivity contribution in [3.8, 4) is 10.6 Å². The largest absolute Gasteiger partial charge is 0.360 e. The number of nitrogens with zero attached hydrogens (tertiary/aromatic N) is 4. The van der Waals surface area contributed by atoms with Crippen LogP contribution in [-0.2, 0) is 6.54 Å². The third-order valence-electron chi connectivity index (χ3n) is 3.40. The Morgan fingerprint density at radius 2 is 2.32 bits per heavy atom. The van der Waals surface area contributed by atoms with Gasteiger partial charge >= 0.3 is 0 Å². The summed E-state index contributed by atoms with van der Waals surface area (Å²) in [4.78, 5) is 15.3. The first kappa shape index (κ1) is 14.5. The van der Waals surface area contributed by atoms with Crippen molar-refractivity contribution in [3.63, 3.8) is 0 Å². The van der Waals surface area contributed by atoms with E-state index in [4.69, 9.17) is 4.52 Å². The highest BCUT2D eigenvalue weighted by Crippen LogP contribution is 2.29. The number of rotatable bonds is 5. The van der Waals surface area contributed by atoms with E-state index in [-0.39, 0.29) is 5.91 Å². The van der Waals surface area contributed by atoms with E-state index in [0.717, 1.165) is 4.88 Å². The second-order valence-electron chi connectivity index (χ2n) is 4.94. The van der Waals surface area contributed by atoms with E-state index in [0.29, 0.717) is 30.1 Å². The van der Waals surface area contributed by atoms with Gasteiger partial charge in [-0.2, -0.15) is 5.10 Å². The summed E-state index contributed by atoms with van der Waals surface area (Å²) in [5, 5.41) is 10.1. The van der Waals surface area contributed by atoms with Crippen molar-refractivity contribution in [2.75, 3.05) is 13.6 Å². The molecule has 7 heteroatoms. The van der Waals surface area contributed by atoms with Gasteiger partial charge in [0.2, 0.25) is 0 Å². The number of carbonyl (C=O) groups excluding carboxylic acids is 1. The molecular formula is C15H16N4O2S. The molecule has 6 nitrogen and oxygen atoms in total. The smallest absolute Gasteiger partial charge is 0.259 e. The van der Waals surface area contributed by atoms with Crippen LogP contribution in [0.4, 0.5) is 0 Å². The van der Waals surface area contributed by atoms with Crippen molar-refractivity contribution < 1.29 is 9.32 Å². The first-order chi connectivity index (χ1) is 10.7. The second-order valence-corrected chi connectivity index (χ2v) is 5.88. The minimum Gasteiger partial charge on any atom is -0.360 e. The molecule has 0 fully saturated rings. The summed E-state index contributed by atoms with van der Waals surface area (Å²) in [6.45, 7) is 2.97. The zero-order chi connectivity index (χ0) is 15.5. The molecule has 0 unspecified atom stereocenters. The van der Waals surface area contributed by atoms with Gasteiger partial charge in [0.25, 0.3) is 5.91 Å². The zero-order valence-electron chi connectivity index (χ0n) is 12.4. The van der Waals surface area contributed by atoms with E-state index in [1.54, 1.807) is 29.7 Å². The molecule has 3 rings (SSSR count). The van der Waals surface area contributed by atoms with Crippen molar-refractivity contribution in [1.29, 1.82) is 0 Å². The zero-order valence-corrected chi connectivity index (χ0v) is 13.2. The highest BCUT2D eigenvalue weighted by Gasteiger charge is 2.24. The number of thiophene rings is 1. The molecule has 0 aliphatic heterocycles. The number of likely N-dealkylation sites (N-methyl/N-ethyl adjacent to an activating group) is 1. The molecule has 0 aliphatic rings. The van der Waals surface area contributed by atoms with Crippen LogP contribution >= 0.6 is 11.3 Å². The molecule has 1 amide bonds. The predicted octanol–water partition coefficient (Wildman–Crippen LogP) is 2.68. The Labute approximate surface area is 132 Å². The molecule has 0 saturated heterocycles. The highest BCUT2D eigenvalue weighted by molar-refractivity contribution is 7.13. The number of amides is 1. The predicted molar refractivity (Wildman–Crippen MR) is 83.7 cm³/mol. The Morgan fingerprint density at radius 3 is 3.00 bits per heavy atom. The van der Waals surface area contributed by atoms with Crippen molar-refractivity contribution in [2.24, 2.45) is 0 Å². The number of aromatic nitrogens is 3. The van der Waals surface area contributed by atoms with Crippen LogP contribution in [0.2, 0.25) is 0 Å². The summed E-state index contributed by atoms with van der Waals surface area (Å²) in [6.07, 6.45) is 3.60. The molecule has 0 atom stereocenters. The lowest BCUT2D eigenvalue weighted by atomic mass is 10.1. The van der Waals surface area contributed by atoms with Crippen molar-refractivity contribution in [1.82, 2.24) is 19.8 Å². The van der Waals surface area contributed by atoms with Gasteiger partial charge in [0.1, 0.15) is 17.0 Å². The average Bonchev–Trinajstić information content (AvgIpc) is 3.25. The summed E-state index contributed by atoms with van der Waals surface area (Å²) in [5.41, 5.74) is 1.15. The van der Waals surface area contributed by atoms with Crippen LogP contribution in [0.1, 0.15) is 16.1 Å². The third kappa shape index (κ3) is 2.80. The molecule has 3 aromatic rings. The Hall–Kier alpha value is -2.41. The molecule has 114 valence electrons. The van der Waals surface area contributed by atoms with Crippen LogP contribution in [0.5, 0.6) is 0 Å². The van der Waals surface area contributed by atoms with Crippen LogP contribution in [-0.4, -0.2) is 39.3 Å². The third-order valence-corrected chi connectivity index (χ3v) is 4.28. The molecular weight excluding hydrogens is 300 g/mol. The van der Waals surface area contributed by atoms with Crippen molar-refractivity contribution in [3.05, 3.63) is 47.3 Å². The number of hydrogen-bond acceptors (Lipinski definition) is 5.